The molecule has 1 N–H and O–H groups in total. The van der Waals surface area contributed by atoms with E-state index in [0.717, 1.165) is 0 Å². The van der Waals surface area contributed by atoms with Gasteiger partial charge in [-0.25, -0.2) is 9.48 Å². The summed E-state index contributed by atoms with van der Waals surface area (Å²) in [5.74, 6) is -0.708. The summed E-state index contributed by atoms with van der Waals surface area (Å²) in [6.45, 7) is 1.96. The number of carbonyl (C=O) groups is 1. The Labute approximate surface area is 109 Å². The zero-order chi connectivity index (χ0) is 13.1. The normalized spacial score (nSPS) is 10.3. The largest absolute Gasteiger partial charge is 0.493 e. The Hall–Kier alpha value is -2.01. The van der Waals surface area contributed by atoms with E-state index in [0.29, 0.717) is 10.7 Å². The van der Waals surface area contributed by atoms with Gasteiger partial charge in [0, 0.05) is 11.1 Å². The van der Waals surface area contributed by atoms with Crippen LogP contribution >= 0.6 is 11.6 Å². The first-order chi connectivity index (χ1) is 8.61. The first-order valence-corrected chi connectivity index (χ1v) is 5.71. The van der Waals surface area contributed by atoms with E-state index < -0.39 is 5.97 Å². The average molecular weight is 267 g/mol. The van der Waals surface area contributed by atoms with Gasteiger partial charge in [0.1, 0.15) is 0 Å². The smallest absolute Gasteiger partial charge is 0.358 e. The van der Waals surface area contributed by atoms with Gasteiger partial charge in [0.25, 0.3) is 0 Å². The predicted octanol–water partition coefficient (Wildman–Crippen LogP) is 2.41. The Morgan fingerprint density at radius 2 is 2.11 bits per heavy atom. The van der Waals surface area contributed by atoms with Crippen LogP contribution in [0.3, 0.4) is 0 Å². The van der Waals surface area contributed by atoms with Gasteiger partial charge in [-0.2, -0.15) is 5.10 Å². The summed E-state index contributed by atoms with van der Waals surface area (Å²) in [5, 5.41) is 14.3. The maximum Gasteiger partial charge on any atom is 0.358 e. The lowest BCUT2D eigenvalue weighted by atomic mass is 10.3. The molecule has 0 saturated heterocycles. The van der Waals surface area contributed by atoms with Gasteiger partial charge in [0.05, 0.1) is 12.3 Å². The van der Waals surface area contributed by atoms with Crippen LogP contribution in [0.25, 0.3) is 5.69 Å². The lowest BCUT2D eigenvalue weighted by molar-refractivity contribution is 0.0519. The van der Waals surface area contributed by atoms with Crippen LogP contribution in [-0.4, -0.2) is 27.5 Å². The molecule has 94 valence electrons. The molecule has 0 aliphatic heterocycles. The zero-order valence-corrected chi connectivity index (χ0v) is 10.4. The number of rotatable bonds is 3. The minimum absolute atomic E-state index is 0.0595. The third kappa shape index (κ3) is 2.46. The minimum Gasteiger partial charge on any atom is -0.493 e. The molecule has 0 saturated carbocycles. The number of benzene rings is 1. The highest BCUT2D eigenvalue weighted by atomic mass is 35.5. The molecule has 0 amide bonds. The Morgan fingerprint density at radius 3 is 2.72 bits per heavy atom. The van der Waals surface area contributed by atoms with E-state index >= 15 is 0 Å². The second-order valence-electron chi connectivity index (χ2n) is 3.50. The molecule has 1 aromatic heterocycles. The average Bonchev–Trinajstić information content (AvgIpc) is 2.73. The molecule has 0 unspecified atom stereocenters. The highest BCUT2D eigenvalue weighted by molar-refractivity contribution is 6.30. The number of hydrogen-bond acceptors (Lipinski definition) is 4. The molecule has 1 heterocycles. The molecule has 0 aliphatic rings. The van der Waals surface area contributed by atoms with E-state index in [1.807, 2.05) is 0 Å². The Kier molecular flexibility index (Phi) is 3.53. The summed E-state index contributed by atoms with van der Waals surface area (Å²) < 4.78 is 6.04. The van der Waals surface area contributed by atoms with E-state index in [4.69, 9.17) is 16.3 Å². The molecule has 0 radical (unpaired) electrons. The van der Waals surface area contributed by atoms with Crippen molar-refractivity contribution in [3.8, 4) is 11.6 Å². The fourth-order valence-corrected chi connectivity index (χ4v) is 1.57. The van der Waals surface area contributed by atoms with E-state index in [9.17, 15) is 9.90 Å². The van der Waals surface area contributed by atoms with Crippen molar-refractivity contribution in [1.29, 1.82) is 0 Å². The van der Waals surface area contributed by atoms with Crippen molar-refractivity contribution in [1.82, 2.24) is 9.78 Å². The molecule has 2 aromatic rings. The topological polar surface area (TPSA) is 64.3 Å². The van der Waals surface area contributed by atoms with E-state index in [-0.39, 0.29) is 18.2 Å². The van der Waals surface area contributed by atoms with Gasteiger partial charge in [-0.05, 0) is 31.2 Å². The molecule has 1 aromatic carbocycles. The summed E-state index contributed by atoms with van der Waals surface area (Å²) in [4.78, 5) is 11.5. The van der Waals surface area contributed by atoms with E-state index in [1.165, 1.54) is 10.7 Å². The lowest BCUT2D eigenvalue weighted by Crippen LogP contribution is -2.06. The molecule has 0 aliphatic carbocycles. The molecular formula is C12H11ClN2O3. The van der Waals surface area contributed by atoms with Gasteiger partial charge in [0.2, 0.25) is 5.88 Å². The van der Waals surface area contributed by atoms with Gasteiger partial charge in [-0.15, -0.1) is 0 Å². The highest BCUT2D eigenvalue weighted by Gasteiger charge is 2.15. The maximum absolute atomic E-state index is 11.5. The number of ether oxygens (including phenoxy) is 1. The van der Waals surface area contributed by atoms with Crippen LogP contribution in [-0.2, 0) is 4.74 Å². The van der Waals surface area contributed by atoms with Crippen LogP contribution in [0.2, 0.25) is 5.02 Å². The fourth-order valence-electron chi connectivity index (χ4n) is 1.45. The summed E-state index contributed by atoms with van der Waals surface area (Å²) in [6, 6.07) is 7.96. The van der Waals surface area contributed by atoms with Crippen LogP contribution in [0, 0.1) is 0 Å². The first kappa shape index (κ1) is 12.4. The van der Waals surface area contributed by atoms with Crippen LogP contribution in [0.1, 0.15) is 17.4 Å². The SMILES string of the molecule is CCOC(=O)c1cc(O)n(-c2ccc(Cl)cc2)n1. The second kappa shape index (κ2) is 5.10. The summed E-state index contributed by atoms with van der Waals surface area (Å²) in [5.41, 5.74) is 0.664. The van der Waals surface area contributed by atoms with Crippen molar-refractivity contribution >= 4 is 17.6 Å². The molecule has 0 spiro atoms. The monoisotopic (exact) mass is 266 g/mol. The van der Waals surface area contributed by atoms with Crippen molar-refractivity contribution in [2.75, 3.05) is 6.61 Å². The molecule has 2 rings (SSSR count). The van der Waals surface area contributed by atoms with Crippen molar-refractivity contribution < 1.29 is 14.6 Å². The summed E-state index contributed by atoms with van der Waals surface area (Å²) in [6.07, 6.45) is 0. The number of hydrogen-bond donors (Lipinski definition) is 1. The maximum atomic E-state index is 11.5. The number of nitrogens with zero attached hydrogens (tertiary/aromatic N) is 2. The van der Waals surface area contributed by atoms with Crippen molar-refractivity contribution in [3.05, 3.63) is 41.0 Å². The van der Waals surface area contributed by atoms with E-state index in [1.54, 1.807) is 31.2 Å². The number of aromatic nitrogens is 2. The van der Waals surface area contributed by atoms with Crippen LogP contribution in [0.4, 0.5) is 0 Å². The summed E-state index contributed by atoms with van der Waals surface area (Å²) >= 11 is 5.77. The standard InChI is InChI=1S/C12H11ClN2O3/c1-2-18-12(17)10-7-11(16)15(14-10)9-5-3-8(13)4-6-9/h3-7,16H,2H2,1H3. The van der Waals surface area contributed by atoms with Gasteiger partial charge in [0.15, 0.2) is 5.69 Å². The summed E-state index contributed by atoms with van der Waals surface area (Å²) in [7, 11) is 0. The van der Waals surface area contributed by atoms with E-state index in [2.05, 4.69) is 5.10 Å². The Balaban J connectivity index is 2.34. The molecule has 18 heavy (non-hydrogen) atoms. The molecule has 0 fully saturated rings. The quantitative estimate of drug-likeness (QED) is 0.867. The minimum atomic E-state index is -0.569. The van der Waals surface area contributed by atoms with Crippen LogP contribution < -0.4 is 0 Å². The highest BCUT2D eigenvalue weighted by Crippen LogP contribution is 2.20. The van der Waals surface area contributed by atoms with Gasteiger partial charge < -0.3 is 9.84 Å². The lowest BCUT2D eigenvalue weighted by Gasteiger charge is -2.02. The van der Waals surface area contributed by atoms with Crippen LogP contribution in [0.15, 0.2) is 30.3 Å². The number of halogens is 1. The van der Waals surface area contributed by atoms with Crippen molar-refractivity contribution in [2.24, 2.45) is 0 Å². The fraction of sp³-hybridized carbons (Fsp3) is 0.167. The van der Waals surface area contributed by atoms with Gasteiger partial charge >= 0.3 is 5.97 Å². The van der Waals surface area contributed by atoms with Gasteiger partial charge in [-0.3, -0.25) is 0 Å². The second-order valence-corrected chi connectivity index (χ2v) is 3.93. The number of esters is 1. The Bertz CT molecular complexity index is 563. The third-order valence-electron chi connectivity index (χ3n) is 2.25. The molecular weight excluding hydrogens is 256 g/mol. The molecule has 0 atom stereocenters. The van der Waals surface area contributed by atoms with Crippen molar-refractivity contribution in [2.45, 2.75) is 6.92 Å². The third-order valence-corrected chi connectivity index (χ3v) is 2.50. The zero-order valence-electron chi connectivity index (χ0n) is 9.63. The number of aromatic hydroxyl groups is 1. The molecule has 6 heteroatoms. The van der Waals surface area contributed by atoms with Gasteiger partial charge in [-0.1, -0.05) is 11.6 Å². The number of carbonyl (C=O) groups excluding carboxylic acids is 1. The Morgan fingerprint density at radius 1 is 1.44 bits per heavy atom. The molecule has 5 nitrogen and oxygen atoms in total. The van der Waals surface area contributed by atoms with Crippen LogP contribution in [0.5, 0.6) is 5.88 Å². The molecule has 0 bridgehead atoms. The predicted molar refractivity (Wildman–Crippen MR) is 66.2 cm³/mol. The first-order valence-electron chi connectivity index (χ1n) is 5.34. The van der Waals surface area contributed by atoms with Crippen molar-refractivity contribution in [3.63, 3.8) is 0 Å².